The van der Waals surface area contributed by atoms with Crippen molar-refractivity contribution in [1.82, 2.24) is 0 Å². The third-order valence-corrected chi connectivity index (χ3v) is 3.72. The van der Waals surface area contributed by atoms with Crippen LogP contribution in [-0.4, -0.2) is 12.6 Å². The molecule has 1 saturated carbocycles. The fourth-order valence-corrected chi connectivity index (χ4v) is 2.19. The molecule has 0 unspecified atom stereocenters. The number of benzene rings is 1. The van der Waals surface area contributed by atoms with Crippen molar-refractivity contribution in [3.63, 3.8) is 0 Å². The Morgan fingerprint density at radius 1 is 1.35 bits per heavy atom. The molecule has 1 aliphatic rings. The third-order valence-electron chi connectivity index (χ3n) is 3.72. The van der Waals surface area contributed by atoms with Crippen molar-refractivity contribution in [1.29, 1.82) is 0 Å². The largest absolute Gasteiger partial charge is 0.496 e. The standard InChI is InChI=1S/C15H23NO/c1-11(2)13-10-12(4-5-14(13)17-3)6-7-15(16)8-9-15/h4-5,10-11H,6-9,16H2,1-3H3. The highest BCUT2D eigenvalue weighted by Gasteiger charge is 2.37. The van der Waals surface area contributed by atoms with Crippen LogP contribution in [0.15, 0.2) is 18.2 Å². The van der Waals surface area contributed by atoms with Crippen LogP contribution in [0.3, 0.4) is 0 Å². The Morgan fingerprint density at radius 2 is 2.06 bits per heavy atom. The molecule has 1 aromatic carbocycles. The minimum Gasteiger partial charge on any atom is -0.496 e. The van der Waals surface area contributed by atoms with Crippen molar-refractivity contribution in [2.75, 3.05) is 7.11 Å². The summed E-state index contributed by atoms with van der Waals surface area (Å²) < 4.78 is 5.39. The highest BCUT2D eigenvalue weighted by Crippen LogP contribution is 2.37. The molecular weight excluding hydrogens is 210 g/mol. The predicted molar refractivity (Wildman–Crippen MR) is 71.6 cm³/mol. The maximum Gasteiger partial charge on any atom is 0.122 e. The fraction of sp³-hybridized carbons (Fsp3) is 0.600. The van der Waals surface area contributed by atoms with Gasteiger partial charge in [-0.05, 0) is 48.8 Å². The Balaban J connectivity index is 2.09. The Labute approximate surface area is 104 Å². The van der Waals surface area contributed by atoms with Gasteiger partial charge in [-0.25, -0.2) is 0 Å². The van der Waals surface area contributed by atoms with Crippen LogP contribution in [0.4, 0.5) is 0 Å². The van der Waals surface area contributed by atoms with Crippen LogP contribution < -0.4 is 10.5 Å². The molecule has 2 rings (SSSR count). The second-order valence-electron chi connectivity index (χ2n) is 5.59. The first-order chi connectivity index (χ1) is 8.04. The molecule has 17 heavy (non-hydrogen) atoms. The highest BCUT2D eigenvalue weighted by molar-refractivity contribution is 5.39. The van der Waals surface area contributed by atoms with Crippen molar-refractivity contribution in [2.45, 2.75) is 51.0 Å². The van der Waals surface area contributed by atoms with Crippen molar-refractivity contribution in [3.8, 4) is 5.75 Å². The predicted octanol–water partition coefficient (Wildman–Crippen LogP) is 3.24. The molecule has 2 nitrogen and oxygen atoms in total. The minimum absolute atomic E-state index is 0.151. The van der Waals surface area contributed by atoms with Gasteiger partial charge >= 0.3 is 0 Å². The molecule has 0 radical (unpaired) electrons. The molecule has 2 heteroatoms. The van der Waals surface area contributed by atoms with Crippen LogP contribution in [0.1, 0.15) is 50.2 Å². The zero-order valence-electron chi connectivity index (χ0n) is 11.1. The Hall–Kier alpha value is -1.02. The molecule has 0 saturated heterocycles. The molecule has 2 N–H and O–H groups in total. The molecule has 0 heterocycles. The van der Waals surface area contributed by atoms with Crippen molar-refractivity contribution < 1.29 is 4.74 Å². The van der Waals surface area contributed by atoms with Gasteiger partial charge in [-0.3, -0.25) is 0 Å². The van der Waals surface area contributed by atoms with Gasteiger partial charge in [-0.1, -0.05) is 26.0 Å². The second-order valence-corrected chi connectivity index (χ2v) is 5.59. The zero-order valence-corrected chi connectivity index (χ0v) is 11.1. The van der Waals surface area contributed by atoms with Crippen LogP contribution in [0, 0.1) is 0 Å². The number of ether oxygens (including phenoxy) is 1. The molecule has 0 aromatic heterocycles. The van der Waals surface area contributed by atoms with Crippen molar-refractivity contribution >= 4 is 0 Å². The first kappa shape index (κ1) is 12.4. The van der Waals surface area contributed by atoms with Crippen molar-refractivity contribution in [2.24, 2.45) is 5.73 Å². The van der Waals surface area contributed by atoms with E-state index in [2.05, 4.69) is 32.0 Å². The van der Waals surface area contributed by atoms with Gasteiger partial charge in [0.2, 0.25) is 0 Å². The summed E-state index contributed by atoms with van der Waals surface area (Å²) in [4.78, 5) is 0. The van der Waals surface area contributed by atoms with Gasteiger partial charge in [0.1, 0.15) is 5.75 Å². The van der Waals surface area contributed by atoms with E-state index in [4.69, 9.17) is 10.5 Å². The summed E-state index contributed by atoms with van der Waals surface area (Å²) in [5.74, 6) is 1.50. The third kappa shape index (κ3) is 3.01. The Kier molecular flexibility index (Phi) is 3.43. The van der Waals surface area contributed by atoms with E-state index in [1.165, 1.54) is 24.0 Å². The maximum atomic E-state index is 6.12. The molecule has 0 spiro atoms. The minimum atomic E-state index is 0.151. The van der Waals surface area contributed by atoms with E-state index in [9.17, 15) is 0 Å². The lowest BCUT2D eigenvalue weighted by molar-refractivity contribution is 0.407. The molecule has 1 aromatic rings. The number of hydrogen-bond acceptors (Lipinski definition) is 2. The van der Waals surface area contributed by atoms with E-state index in [-0.39, 0.29) is 5.54 Å². The average molecular weight is 233 g/mol. The van der Waals surface area contributed by atoms with Crippen LogP contribution in [0.25, 0.3) is 0 Å². The quantitative estimate of drug-likeness (QED) is 0.847. The molecule has 0 atom stereocenters. The monoisotopic (exact) mass is 233 g/mol. The van der Waals surface area contributed by atoms with E-state index in [1.54, 1.807) is 7.11 Å². The van der Waals surface area contributed by atoms with E-state index in [0.29, 0.717) is 5.92 Å². The van der Waals surface area contributed by atoms with Gasteiger partial charge in [0.05, 0.1) is 7.11 Å². The molecule has 1 fully saturated rings. The Bertz CT molecular complexity index is 394. The lowest BCUT2D eigenvalue weighted by Crippen LogP contribution is -2.22. The summed E-state index contributed by atoms with van der Waals surface area (Å²) in [6.07, 6.45) is 4.58. The highest BCUT2D eigenvalue weighted by atomic mass is 16.5. The molecule has 94 valence electrons. The number of methoxy groups -OCH3 is 1. The summed E-state index contributed by atoms with van der Waals surface area (Å²) >= 11 is 0. The lowest BCUT2D eigenvalue weighted by Gasteiger charge is -2.14. The van der Waals surface area contributed by atoms with Gasteiger partial charge in [0.15, 0.2) is 0 Å². The summed E-state index contributed by atoms with van der Waals surface area (Å²) in [5, 5.41) is 0. The second kappa shape index (κ2) is 4.69. The molecule has 0 amide bonds. The number of hydrogen-bond donors (Lipinski definition) is 1. The van der Waals surface area contributed by atoms with Crippen LogP contribution >= 0.6 is 0 Å². The van der Waals surface area contributed by atoms with E-state index < -0.39 is 0 Å². The Morgan fingerprint density at radius 3 is 2.59 bits per heavy atom. The van der Waals surface area contributed by atoms with Crippen LogP contribution in [-0.2, 0) is 6.42 Å². The van der Waals surface area contributed by atoms with Crippen LogP contribution in [0.5, 0.6) is 5.75 Å². The van der Waals surface area contributed by atoms with E-state index >= 15 is 0 Å². The van der Waals surface area contributed by atoms with E-state index in [1.807, 2.05) is 0 Å². The SMILES string of the molecule is COc1ccc(CCC2(N)CC2)cc1C(C)C. The first-order valence-corrected chi connectivity index (χ1v) is 6.50. The fourth-order valence-electron chi connectivity index (χ4n) is 2.19. The van der Waals surface area contributed by atoms with Gasteiger partial charge in [-0.2, -0.15) is 0 Å². The van der Waals surface area contributed by atoms with Gasteiger partial charge in [0.25, 0.3) is 0 Å². The van der Waals surface area contributed by atoms with Gasteiger partial charge in [-0.15, -0.1) is 0 Å². The number of nitrogens with two attached hydrogens (primary N) is 1. The van der Waals surface area contributed by atoms with E-state index in [0.717, 1.165) is 18.6 Å². The summed E-state index contributed by atoms with van der Waals surface area (Å²) in [7, 11) is 1.74. The summed E-state index contributed by atoms with van der Waals surface area (Å²) in [6, 6.07) is 6.52. The molecular formula is C15H23NO. The first-order valence-electron chi connectivity index (χ1n) is 6.50. The number of rotatable bonds is 5. The van der Waals surface area contributed by atoms with Gasteiger partial charge < -0.3 is 10.5 Å². The zero-order chi connectivity index (χ0) is 12.5. The summed E-state index contributed by atoms with van der Waals surface area (Å²) in [5.41, 5.74) is 8.95. The average Bonchev–Trinajstić information content (AvgIpc) is 3.05. The topological polar surface area (TPSA) is 35.2 Å². The lowest BCUT2D eigenvalue weighted by atomic mass is 9.96. The molecule has 1 aliphatic carbocycles. The maximum absolute atomic E-state index is 6.12. The van der Waals surface area contributed by atoms with Crippen LogP contribution in [0.2, 0.25) is 0 Å². The number of aryl methyl sites for hydroxylation is 1. The smallest absolute Gasteiger partial charge is 0.122 e. The van der Waals surface area contributed by atoms with Gasteiger partial charge in [0, 0.05) is 5.54 Å². The molecule has 0 bridgehead atoms. The summed E-state index contributed by atoms with van der Waals surface area (Å²) in [6.45, 7) is 4.40. The molecule has 0 aliphatic heterocycles. The van der Waals surface area contributed by atoms with Crippen molar-refractivity contribution in [3.05, 3.63) is 29.3 Å². The normalized spacial score (nSPS) is 17.2.